The monoisotopic (exact) mass is 197 g/mol. The minimum absolute atomic E-state index is 0.129. The van der Waals surface area contributed by atoms with Crippen molar-refractivity contribution in [2.24, 2.45) is 0 Å². The van der Waals surface area contributed by atoms with Gasteiger partial charge in [-0.2, -0.15) is 4.98 Å². The second-order valence-corrected chi connectivity index (χ2v) is 3.04. The van der Waals surface area contributed by atoms with Crippen molar-refractivity contribution in [3.8, 4) is 0 Å². The van der Waals surface area contributed by atoms with Gasteiger partial charge in [-0.15, -0.1) is 0 Å². The summed E-state index contributed by atoms with van der Waals surface area (Å²) >= 11 is 0. The van der Waals surface area contributed by atoms with E-state index in [2.05, 4.69) is 10.1 Å². The van der Waals surface area contributed by atoms with Crippen LogP contribution in [-0.4, -0.2) is 47.3 Å². The molecule has 1 fully saturated rings. The van der Waals surface area contributed by atoms with E-state index in [1.165, 1.54) is 0 Å². The van der Waals surface area contributed by atoms with E-state index in [1.807, 2.05) is 0 Å². The standard InChI is InChI=1S/C8H11N3O3/c1-6-9-7(10-14-6)8(12)11-2-4-13-5-3-11/h2-5H2,1H3. The van der Waals surface area contributed by atoms with Crippen LogP contribution in [0.5, 0.6) is 0 Å². The molecule has 0 spiro atoms. The minimum Gasteiger partial charge on any atom is -0.378 e. The Morgan fingerprint density at radius 1 is 1.43 bits per heavy atom. The molecule has 1 aromatic heterocycles. The van der Waals surface area contributed by atoms with E-state index in [4.69, 9.17) is 9.26 Å². The Hall–Kier alpha value is -1.43. The van der Waals surface area contributed by atoms with Crippen LogP contribution in [0, 0.1) is 6.92 Å². The Labute approximate surface area is 80.8 Å². The SMILES string of the molecule is Cc1nc(C(=O)N2CCOCC2)no1. The van der Waals surface area contributed by atoms with Crippen molar-refractivity contribution in [1.29, 1.82) is 0 Å². The summed E-state index contributed by atoms with van der Waals surface area (Å²) in [6, 6.07) is 0. The molecule has 2 heterocycles. The first-order chi connectivity index (χ1) is 6.77. The molecule has 1 aliphatic heterocycles. The lowest BCUT2D eigenvalue weighted by Crippen LogP contribution is -2.41. The number of aromatic nitrogens is 2. The van der Waals surface area contributed by atoms with E-state index < -0.39 is 0 Å². The molecule has 0 bridgehead atoms. The van der Waals surface area contributed by atoms with Gasteiger partial charge in [-0.25, -0.2) is 0 Å². The van der Waals surface area contributed by atoms with E-state index in [1.54, 1.807) is 11.8 Å². The zero-order valence-corrected chi connectivity index (χ0v) is 7.89. The van der Waals surface area contributed by atoms with Crippen LogP contribution in [0.4, 0.5) is 0 Å². The summed E-state index contributed by atoms with van der Waals surface area (Å²) in [6.45, 7) is 3.98. The predicted octanol–water partition coefficient (Wildman–Crippen LogP) is -0.150. The first-order valence-electron chi connectivity index (χ1n) is 4.45. The second kappa shape index (κ2) is 3.75. The topological polar surface area (TPSA) is 68.5 Å². The van der Waals surface area contributed by atoms with Crippen LogP contribution in [0.2, 0.25) is 0 Å². The van der Waals surface area contributed by atoms with Crippen LogP contribution in [0.15, 0.2) is 4.52 Å². The Morgan fingerprint density at radius 2 is 2.14 bits per heavy atom. The van der Waals surface area contributed by atoms with Gasteiger partial charge in [-0.05, 0) is 0 Å². The van der Waals surface area contributed by atoms with Crippen molar-refractivity contribution in [1.82, 2.24) is 15.0 Å². The van der Waals surface area contributed by atoms with E-state index in [0.29, 0.717) is 32.2 Å². The summed E-state index contributed by atoms with van der Waals surface area (Å²) in [5.74, 6) is 0.344. The van der Waals surface area contributed by atoms with Gasteiger partial charge in [0.25, 0.3) is 11.7 Å². The fourth-order valence-corrected chi connectivity index (χ4v) is 1.29. The van der Waals surface area contributed by atoms with Crippen molar-refractivity contribution in [3.05, 3.63) is 11.7 Å². The molecule has 76 valence electrons. The maximum Gasteiger partial charge on any atom is 0.295 e. The number of morpholine rings is 1. The van der Waals surface area contributed by atoms with Crippen molar-refractivity contribution in [3.63, 3.8) is 0 Å². The molecule has 6 heteroatoms. The number of carbonyl (C=O) groups is 1. The molecular formula is C8H11N3O3. The van der Waals surface area contributed by atoms with Gasteiger partial charge >= 0.3 is 0 Å². The number of hydrogen-bond donors (Lipinski definition) is 0. The smallest absolute Gasteiger partial charge is 0.295 e. The van der Waals surface area contributed by atoms with Gasteiger partial charge in [-0.3, -0.25) is 4.79 Å². The molecule has 6 nitrogen and oxygen atoms in total. The fraction of sp³-hybridized carbons (Fsp3) is 0.625. The largest absolute Gasteiger partial charge is 0.378 e. The number of carbonyl (C=O) groups excluding carboxylic acids is 1. The van der Waals surface area contributed by atoms with Gasteiger partial charge in [0.05, 0.1) is 13.2 Å². The average Bonchev–Trinajstić information content (AvgIpc) is 2.65. The highest BCUT2D eigenvalue weighted by molar-refractivity contribution is 5.90. The van der Waals surface area contributed by atoms with E-state index >= 15 is 0 Å². The van der Waals surface area contributed by atoms with Gasteiger partial charge in [0, 0.05) is 20.0 Å². The van der Waals surface area contributed by atoms with Crippen LogP contribution in [0.25, 0.3) is 0 Å². The molecular weight excluding hydrogens is 186 g/mol. The van der Waals surface area contributed by atoms with Crippen LogP contribution < -0.4 is 0 Å². The average molecular weight is 197 g/mol. The predicted molar refractivity (Wildman–Crippen MR) is 45.8 cm³/mol. The zero-order chi connectivity index (χ0) is 9.97. The maximum absolute atomic E-state index is 11.7. The molecule has 0 atom stereocenters. The van der Waals surface area contributed by atoms with Gasteiger partial charge in [0.15, 0.2) is 0 Å². The van der Waals surface area contributed by atoms with Crippen molar-refractivity contribution < 1.29 is 14.1 Å². The second-order valence-electron chi connectivity index (χ2n) is 3.04. The molecule has 1 amide bonds. The molecule has 0 N–H and O–H groups in total. The Bertz CT molecular complexity index is 330. The Kier molecular flexibility index (Phi) is 2.45. The molecule has 0 radical (unpaired) electrons. The fourth-order valence-electron chi connectivity index (χ4n) is 1.29. The highest BCUT2D eigenvalue weighted by atomic mass is 16.5. The highest BCUT2D eigenvalue weighted by Crippen LogP contribution is 2.04. The Balaban J connectivity index is 2.07. The van der Waals surface area contributed by atoms with E-state index in [9.17, 15) is 4.79 Å². The van der Waals surface area contributed by atoms with E-state index in [0.717, 1.165) is 0 Å². The molecule has 2 rings (SSSR count). The molecule has 1 aromatic rings. The number of aryl methyl sites for hydroxylation is 1. The highest BCUT2D eigenvalue weighted by Gasteiger charge is 2.22. The summed E-state index contributed by atoms with van der Waals surface area (Å²) in [7, 11) is 0. The quantitative estimate of drug-likeness (QED) is 0.626. The molecule has 0 saturated carbocycles. The number of ether oxygens (including phenoxy) is 1. The first kappa shape index (κ1) is 9.14. The minimum atomic E-state index is -0.190. The van der Waals surface area contributed by atoms with Crippen LogP contribution >= 0.6 is 0 Å². The summed E-state index contributed by atoms with van der Waals surface area (Å²) in [4.78, 5) is 17.2. The third-order valence-electron chi connectivity index (χ3n) is 2.02. The number of rotatable bonds is 1. The van der Waals surface area contributed by atoms with Crippen LogP contribution in [0.3, 0.4) is 0 Å². The van der Waals surface area contributed by atoms with Crippen molar-refractivity contribution >= 4 is 5.91 Å². The van der Waals surface area contributed by atoms with Crippen LogP contribution in [0.1, 0.15) is 16.5 Å². The molecule has 0 aliphatic carbocycles. The summed E-state index contributed by atoms with van der Waals surface area (Å²) in [5.41, 5.74) is 0. The van der Waals surface area contributed by atoms with Crippen molar-refractivity contribution in [2.45, 2.75) is 6.92 Å². The maximum atomic E-state index is 11.7. The summed E-state index contributed by atoms with van der Waals surface area (Å²) < 4.78 is 9.87. The van der Waals surface area contributed by atoms with E-state index in [-0.39, 0.29) is 11.7 Å². The lowest BCUT2D eigenvalue weighted by Gasteiger charge is -2.25. The summed E-state index contributed by atoms with van der Waals surface area (Å²) in [6.07, 6.45) is 0. The van der Waals surface area contributed by atoms with Gasteiger partial charge in [-0.1, -0.05) is 5.16 Å². The molecule has 14 heavy (non-hydrogen) atoms. The van der Waals surface area contributed by atoms with Gasteiger partial charge < -0.3 is 14.2 Å². The molecule has 0 aromatic carbocycles. The summed E-state index contributed by atoms with van der Waals surface area (Å²) in [5, 5.41) is 3.57. The first-order valence-corrected chi connectivity index (χ1v) is 4.45. The van der Waals surface area contributed by atoms with Crippen LogP contribution in [-0.2, 0) is 4.74 Å². The van der Waals surface area contributed by atoms with Gasteiger partial charge in [0.1, 0.15) is 0 Å². The number of nitrogens with zero attached hydrogens (tertiary/aromatic N) is 3. The normalized spacial score (nSPS) is 17.1. The third kappa shape index (κ3) is 1.74. The number of hydrogen-bond acceptors (Lipinski definition) is 5. The van der Waals surface area contributed by atoms with Gasteiger partial charge in [0.2, 0.25) is 5.89 Å². The zero-order valence-electron chi connectivity index (χ0n) is 7.89. The lowest BCUT2D eigenvalue weighted by atomic mass is 10.4. The number of amides is 1. The lowest BCUT2D eigenvalue weighted by molar-refractivity contribution is 0.0293. The molecule has 0 unspecified atom stereocenters. The molecule has 1 saturated heterocycles. The Morgan fingerprint density at radius 3 is 2.71 bits per heavy atom. The molecule has 1 aliphatic rings. The third-order valence-corrected chi connectivity index (χ3v) is 2.02. The van der Waals surface area contributed by atoms with Crippen molar-refractivity contribution in [2.75, 3.05) is 26.3 Å².